The topological polar surface area (TPSA) is 27.0 Å². The Morgan fingerprint density at radius 2 is 2.17 bits per heavy atom. The zero-order chi connectivity index (χ0) is 8.97. The number of hydrogen-bond acceptors (Lipinski definition) is 2. The molecule has 12 heavy (non-hydrogen) atoms. The van der Waals surface area contributed by atoms with Crippen molar-refractivity contribution < 1.29 is 0 Å². The van der Waals surface area contributed by atoms with Gasteiger partial charge in [-0.25, -0.2) is 0 Å². The molecule has 1 atom stereocenters. The van der Waals surface area contributed by atoms with Gasteiger partial charge in [0.05, 0.1) is 12.5 Å². The molecule has 0 heterocycles. The molecule has 1 aliphatic rings. The van der Waals surface area contributed by atoms with Crippen LogP contribution in [0.25, 0.3) is 0 Å². The third-order valence-electron chi connectivity index (χ3n) is 2.65. The molecule has 1 rings (SSSR count). The molecule has 2 nitrogen and oxygen atoms in total. The van der Waals surface area contributed by atoms with Gasteiger partial charge >= 0.3 is 0 Å². The fraction of sp³-hybridized carbons (Fsp3) is 0.900. The Balaban J connectivity index is 2.42. The van der Waals surface area contributed by atoms with Gasteiger partial charge in [-0.3, -0.25) is 4.90 Å². The Labute approximate surface area is 75.2 Å². The van der Waals surface area contributed by atoms with Crippen LogP contribution in [-0.4, -0.2) is 23.5 Å². The second kappa shape index (κ2) is 4.47. The Bertz CT molecular complexity index is 167. The minimum absolute atomic E-state index is 0.507. The molecule has 0 aliphatic heterocycles. The van der Waals surface area contributed by atoms with Gasteiger partial charge in [0.1, 0.15) is 0 Å². The van der Waals surface area contributed by atoms with Crippen LogP contribution >= 0.6 is 0 Å². The summed E-state index contributed by atoms with van der Waals surface area (Å²) in [6.07, 6.45) is 4.49. The van der Waals surface area contributed by atoms with Gasteiger partial charge in [0.15, 0.2) is 0 Å². The lowest BCUT2D eigenvalue weighted by Crippen LogP contribution is -2.36. The first kappa shape index (κ1) is 9.54. The highest BCUT2D eigenvalue weighted by Gasteiger charge is 2.31. The van der Waals surface area contributed by atoms with E-state index < -0.39 is 0 Å². The standard InChI is InChI=1S/C10H18N2/c1-3-9(7-8-11)12(4-2)10-5-6-10/h9-10H,3-7H2,1-2H3. The van der Waals surface area contributed by atoms with E-state index in [0.717, 1.165) is 19.0 Å². The average Bonchev–Trinajstić information content (AvgIpc) is 2.88. The Hall–Kier alpha value is -0.550. The third kappa shape index (κ3) is 2.22. The summed E-state index contributed by atoms with van der Waals surface area (Å²) < 4.78 is 0. The van der Waals surface area contributed by atoms with Crippen LogP contribution in [0.2, 0.25) is 0 Å². The summed E-state index contributed by atoms with van der Waals surface area (Å²) in [6.45, 7) is 5.47. The molecule has 0 amide bonds. The van der Waals surface area contributed by atoms with Gasteiger partial charge in [-0.1, -0.05) is 13.8 Å². The van der Waals surface area contributed by atoms with Crippen LogP contribution in [0, 0.1) is 11.3 Å². The second-order valence-electron chi connectivity index (χ2n) is 3.49. The largest absolute Gasteiger partial charge is 0.297 e. The Morgan fingerprint density at radius 3 is 2.50 bits per heavy atom. The summed E-state index contributed by atoms with van der Waals surface area (Å²) in [5, 5.41) is 8.64. The lowest BCUT2D eigenvalue weighted by atomic mass is 10.1. The van der Waals surface area contributed by atoms with E-state index in [0.29, 0.717) is 12.5 Å². The normalized spacial score (nSPS) is 19.2. The zero-order valence-electron chi connectivity index (χ0n) is 8.08. The molecule has 1 unspecified atom stereocenters. The summed E-state index contributed by atoms with van der Waals surface area (Å²) in [7, 11) is 0. The first-order chi connectivity index (χ1) is 5.83. The van der Waals surface area contributed by atoms with Gasteiger partial charge in [0.2, 0.25) is 0 Å². The van der Waals surface area contributed by atoms with E-state index in [-0.39, 0.29) is 0 Å². The van der Waals surface area contributed by atoms with Crippen LogP contribution in [0.5, 0.6) is 0 Å². The fourth-order valence-electron chi connectivity index (χ4n) is 1.82. The molecule has 2 heteroatoms. The molecule has 0 aromatic rings. The monoisotopic (exact) mass is 166 g/mol. The van der Waals surface area contributed by atoms with E-state index in [1.165, 1.54) is 12.8 Å². The smallest absolute Gasteiger partial charge is 0.0638 e. The van der Waals surface area contributed by atoms with Gasteiger partial charge in [-0.2, -0.15) is 5.26 Å². The molecule has 0 aromatic carbocycles. The summed E-state index contributed by atoms with van der Waals surface area (Å²) in [4.78, 5) is 2.49. The summed E-state index contributed by atoms with van der Waals surface area (Å²) in [6, 6.07) is 3.58. The lowest BCUT2D eigenvalue weighted by Gasteiger charge is -2.27. The molecule has 0 radical (unpaired) electrons. The molecule has 1 saturated carbocycles. The minimum Gasteiger partial charge on any atom is -0.297 e. The van der Waals surface area contributed by atoms with Crippen LogP contribution in [0.1, 0.15) is 39.5 Å². The van der Waals surface area contributed by atoms with Crippen molar-refractivity contribution in [2.75, 3.05) is 6.54 Å². The maximum absolute atomic E-state index is 8.64. The molecule has 0 bridgehead atoms. The maximum atomic E-state index is 8.64. The minimum atomic E-state index is 0.507. The van der Waals surface area contributed by atoms with Gasteiger partial charge in [-0.15, -0.1) is 0 Å². The van der Waals surface area contributed by atoms with Gasteiger partial charge in [0, 0.05) is 12.1 Å². The quantitative estimate of drug-likeness (QED) is 0.626. The first-order valence-corrected chi connectivity index (χ1v) is 4.96. The van der Waals surface area contributed by atoms with Crippen molar-refractivity contribution in [2.45, 2.75) is 51.6 Å². The average molecular weight is 166 g/mol. The second-order valence-corrected chi connectivity index (χ2v) is 3.49. The SMILES string of the molecule is CCC(CC#N)N(CC)C1CC1. The van der Waals surface area contributed by atoms with Crippen LogP contribution in [0.3, 0.4) is 0 Å². The van der Waals surface area contributed by atoms with E-state index in [1.54, 1.807) is 0 Å². The van der Waals surface area contributed by atoms with Crippen LogP contribution in [0.15, 0.2) is 0 Å². The lowest BCUT2D eigenvalue weighted by molar-refractivity contribution is 0.193. The van der Waals surface area contributed by atoms with E-state index >= 15 is 0 Å². The summed E-state index contributed by atoms with van der Waals surface area (Å²) in [5.41, 5.74) is 0. The first-order valence-electron chi connectivity index (χ1n) is 4.96. The predicted molar refractivity (Wildman–Crippen MR) is 49.7 cm³/mol. The van der Waals surface area contributed by atoms with Crippen molar-refractivity contribution in [1.82, 2.24) is 4.90 Å². The number of nitriles is 1. The highest BCUT2D eigenvalue weighted by molar-refractivity contribution is 4.91. The van der Waals surface area contributed by atoms with E-state index in [9.17, 15) is 0 Å². The molecule has 0 aromatic heterocycles. The summed E-state index contributed by atoms with van der Waals surface area (Å²) in [5.74, 6) is 0. The fourth-order valence-corrected chi connectivity index (χ4v) is 1.82. The molecular weight excluding hydrogens is 148 g/mol. The predicted octanol–water partition coefficient (Wildman–Crippen LogP) is 2.16. The van der Waals surface area contributed by atoms with Crippen molar-refractivity contribution in [2.24, 2.45) is 0 Å². The molecule has 0 N–H and O–H groups in total. The number of hydrogen-bond donors (Lipinski definition) is 0. The maximum Gasteiger partial charge on any atom is 0.0638 e. The van der Waals surface area contributed by atoms with Gasteiger partial charge < -0.3 is 0 Å². The van der Waals surface area contributed by atoms with Crippen LogP contribution < -0.4 is 0 Å². The molecule has 1 fully saturated rings. The third-order valence-corrected chi connectivity index (χ3v) is 2.65. The molecule has 68 valence electrons. The number of nitrogens with zero attached hydrogens (tertiary/aromatic N) is 2. The highest BCUT2D eigenvalue weighted by atomic mass is 15.2. The van der Waals surface area contributed by atoms with E-state index in [4.69, 9.17) is 5.26 Å². The van der Waals surface area contributed by atoms with Crippen LogP contribution in [0.4, 0.5) is 0 Å². The Morgan fingerprint density at radius 1 is 1.50 bits per heavy atom. The highest BCUT2D eigenvalue weighted by Crippen LogP contribution is 2.29. The van der Waals surface area contributed by atoms with Crippen molar-refractivity contribution in [3.05, 3.63) is 0 Å². The van der Waals surface area contributed by atoms with Gasteiger partial charge in [0.25, 0.3) is 0 Å². The zero-order valence-corrected chi connectivity index (χ0v) is 8.08. The number of rotatable bonds is 5. The van der Waals surface area contributed by atoms with Crippen molar-refractivity contribution >= 4 is 0 Å². The van der Waals surface area contributed by atoms with Crippen molar-refractivity contribution in [3.8, 4) is 6.07 Å². The van der Waals surface area contributed by atoms with E-state index in [2.05, 4.69) is 24.8 Å². The van der Waals surface area contributed by atoms with Gasteiger partial charge in [-0.05, 0) is 25.8 Å². The Kier molecular flexibility index (Phi) is 3.55. The van der Waals surface area contributed by atoms with Crippen molar-refractivity contribution in [3.63, 3.8) is 0 Å². The molecule has 0 saturated heterocycles. The molecule has 0 spiro atoms. The van der Waals surface area contributed by atoms with E-state index in [1.807, 2.05) is 0 Å². The van der Waals surface area contributed by atoms with Crippen molar-refractivity contribution in [1.29, 1.82) is 5.26 Å². The summed E-state index contributed by atoms with van der Waals surface area (Å²) >= 11 is 0. The molecular formula is C10H18N2. The van der Waals surface area contributed by atoms with Crippen LogP contribution in [-0.2, 0) is 0 Å². The molecule has 1 aliphatic carbocycles.